The lowest BCUT2D eigenvalue weighted by Crippen LogP contribution is -2.17. The summed E-state index contributed by atoms with van der Waals surface area (Å²) < 4.78 is 34.3. The van der Waals surface area contributed by atoms with Crippen LogP contribution in [0, 0.1) is 0 Å². The molecule has 0 saturated carbocycles. The number of phosphoric acid groups is 1. The van der Waals surface area contributed by atoms with E-state index in [0.29, 0.717) is 0 Å². The molecule has 1 fully saturated rings. The second-order valence-corrected chi connectivity index (χ2v) is 4.29. The van der Waals surface area contributed by atoms with Crippen molar-refractivity contribution >= 4 is 14.0 Å². The van der Waals surface area contributed by atoms with Gasteiger partial charge in [0, 0.05) is 14.2 Å². The summed E-state index contributed by atoms with van der Waals surface area (Å²) in [4.78, 5) is 10.5. The van der Waals surface area contributed by atoms with Gasteiger partial charge in [-0.05, 0) is 0 Å². The monoisotopic (exact) mass is 226 g/mol. The first-order chi connectivity index (χ1) is 6.59. The first-order valence-corrected chi connectivity index (χ1v) is 5.25. The summed E-state index contributed by atoms with van der Waals surface area (Å²) in [5.41, 5.74) is 0. The molecule has 0 aromatic carbocycles. The summed E-state index contributed by atoms with van der Waals surface area (Å²) in [5, 5.41) is 0. The summed E-state index contributed by atoms with van der Waals surface area (Å²) >= 11 is 0. The van der Waals surface area contributed by atoms with Gasteiger partial charge in [-0.1, -0.05) is 0 Å². The van der Waals surface area contributed by atoms with Gasteiger partial charge in [-0.2, -0.15) is 0 Å². The zero-order chi connectivity index (χ0) is 10.6. The Hall–Kier alpha value is -0.620. The van der Waals surface area contributed by atoms with Gasteiger partial charge in [0.2, 0.25) is 0 Å². The molecule has 0 radical (unpaired) electrons. The van der Waals surface area contributed by atoms with Gasteiger partial charge in [0.25, 0.3) is 0 Å². The molecule has 1 rings (SSSR count). The molecule has 82 valence electrons. The minimum absolute atomic E-state index is 0.0757. The Balaban J connectivity index is 2.32. The van der Waals surface area contributed by atoms with Crippen molar-refractivity contribution in [1.29, 1.82) is 0 Å². The highest BCUT2D eigenvalue weighted by Crippen LogP contribution is 2.47. The predicted molar refractivity (Wildman–Crippen MR) is 43.8 cm³/mol. The van der Waals surface area contributed by atoms with E-state index in [1.807, 2.05) is 0 Å². The van der Waals surface area contributed by atoms with Crippen LogP contribution in [0.25, 0.3) is 0 Å². The second-order valence-electron chi connectivity index (χ2n) is 2.41. The average Bonchev–Trinajstić information content (AvgIpc) is 2.61. The topological polar surface area (TPSA) is 80.3 Å². The van der Waals surface area contributed by atoms with Gasteiger partial charge in [-0.3, -0.25) is 13.6 Å². The number of hydrogen-bond acceptors (Lipinski definition) is 7. The van der Waals surface area contributed by atoms with E-state index in [1.54, 1.807) is 0 Å². The van der Waals surface area contributed by atoms with E-state index in [-0.39, 0.29) is 13.2 Å². The van der Waals surface area contributed by atoms with Crippen LogP contribution >= 0.6 is 7.82 Å². The number of rotatable bonds is 5. The van der Waals surface area contributed by atoms with Crippen LogP contribution < -0.4 is 0 Å². The minimum atomic E-state index is -3.50. The molecule has 0 amide bonds. The zero-order valence-electron chi connectivity index (χ0n) is 7.80. The second kappa shape index (κ2) is 4.75. The summed E-state index contributed by atoms with van der Waals surface area (Å²) in [6.07, 6.45) is -1.33. The SMILES string of the molecule is COP(=O)(OC)OC[C@H]1COC(=O)O1. The molecule has 0 aromatic rings. The van der Waals surface area contributed by atoms with Crippen LogP contribution in [0.1, 0.15) is 0 Å². The van der Waals surface area contributed by atoms with Gasteiger partial charge in [0.1, 0.15) is 6.61 Å². The molecule has 0 bridgehead atoms. The van der Waals surface area contributed by atoms with Crippen molar-refractivity contribution in [3.63, 3.8) is 0 Å². The fourth-order valence-electron chi connectivity index (χ4n) is 0.802. The van der Waals surface area contributed by atoms with E-state index in [4.69, 9.17) is 4.52 Å². The van der Waals surface area contributed by atoms with E-state index >= 15 is 0 Å². The third-order valence-electron chi connectivity index (χ3n) is 1.52. The van der Waals surface area contributed by atoms with Crippen molar-refractivity contribution in [2.45, 2.75) is 6.10 Å². The summed E-state index contributed by atoms with van der Waals surface area (Å²) in [6.45, 7) is -0.0169. The van der Waals surface area contributed by atoms with Crippen molar-refractivity contribution in [3.8, 4) is 0 Å². The molecule has 0 aromatic heterocycles. The van der Waals surface area contributed by atoms with Gasteiger partial charge < -0.3 is 9.47 Å². The summed E-state index contributed by atoms with van der Waals surface area (Å²) in [5.74, 6) is 0. The highest BCUT2D eigenvalue weighted by Gasteiger charge is 2.30. The number of ether oxygens (including phenoxy) is 2. The maximum Gasteiger partial charge on any atom is 0.508 e. The van der Waals surface area contributed by atoms with E-state index in [0.717, 1.165) is 0 Å². The number of cyclic esters (lactones) is 2. The maximum absolute atomic E-state index is 11.3. The number of phosphoric ester groups is 1. The molecule has 14 heavy (non-hydrogen) atoms. The summed E-state index contributed by atoms with van der Waals surface area (Å²) in [6, 6.07) is 0. The molecular weight excluding hydrogens is 215 g/mol. The zero-order valence-corrected chi connectivity index (χ0v) is 8.69. The van der Waals surface area contributed by atoms with Crippen LogP contribution in [0.15, 0.2) is 0 Å². The van der Waals surface area contributed by atoms with Gasteiger partial charge in [0.05, 0.1) is 6.61 Å². The molecule has 1 aliphatic heterocycles. The first kappa shape index (κ1) is 11.5. The fraction of sp³-hybridized carbons (Fsp3) is 0.833. The molecule has 1 saturated heterocycles. The van der Waals surface area contributed by atoms with Gasteiger partial charge in [0.15, 0.2) is 6.10 Å². The normalized spacial score (nSPS) is 21.9. The predicted octanol–water partition coefficient (Wildman–Crippen LogP) is 0.939. The number of hydrogen-bond donors (Lipinski definition) is 0. The molecule has 0 unspecified atom stereocenters. The smallest absolute Gasteiger partial charge is 0.430 e. The summed E-state index contributed by atoms with van der Waals surface area (Å²) in [7, 11) is -1.11. The molecule has 7 nitrogen and oxygen atoms in total. The van der Waals surface area contributed by atoms with Crippen molar-refractivity contribution in [2.75, 3.05) is 27.4 Å². The Kier molecular flexibility index (Phi) is 3.88. The van der Waals surface area contributed by atoms with Crippen LogP contribution in [-0.2, 0) is 27.6 Å². The first-order valence-electron chi connectivity index (χ1n) is 3.79. The molecule has 1 atom stereocenters. The molecule has 0 aliphatic carbocycles. The van der Waals surface area contributed by atoms with Crippen LogP contribution in [0.3, 0.4) is 0 Å². The lowest BCUT2D eigenvalue weighted by Gasteiger charge is -2.14. The Morgan fingerprint density at radius 2 is 2.14 bits per heavy atom. The van der Waals surface area contributed by atoms with Crippen molar-refractivity contribution in [3.05, 3.63) is 0 Å². The molecule has 8 heteroatoms. The number of carbonyl (C=O) groups is 1. The van der Waals surface area contributed by atoms with Gasteiger partial charge in [-0.15, -0.1) is 0 Å². The Bertz CT molecular complexity index is 245. The van der Waals surface area contributed by atoms with Crippen molar-refractivity contribution in [1.82, 2.24) is 0 Å². The Labute approximate surface area is 80.8 Å². The molecule has 0 N–H and O–H groups in total. The maximum atomic E-state index is 11.3. The standard InChI is InChI=1S/C6H11O7P/c1-9-14(8,10-2)12-4-5-3-11-6(7)13-5/h5H,3-4H2,1-2H3/t5-/m1/s1. The van der Waals surface area contributed by atoms with E-state index in [9.17, 15) is 9.36 Å². The van der Waals surface area contributed by atoms with Crippen LogP contribution in [0.4, 0.5) is 4.79 Å². The Morgan fingerprint density at radius 1 is 1.50 bits per heavy atom. The third kappa shape index (κ3) is 2.95. The highest BCUT2D eigenvalue weighted by atomic mass is 31.2. The molecule has 0 spiro atoms. The molecule has 1 aliphatic rings. The minimum Gasteiger partial charge on any atom is -0.430 e. The fourth-order valence-corrected chi connectivity index (χ4v) is 1.51. The molecule has 1 heterocycles. The average molecular weight is 226 g/mol. The lowest BCUT2D eigenvalue weighted by atomic mass is 10.4. The largest absolute Gasteiger partial charge is 0.508 e. The van der Waals surface area contributed by atoms with Crippen LogP contribution in [0.5, 0.6) is 0 Å². The molecular formula is C6H11O7P. The van der Waals surface area contributed by atoms with Crippen LogP contribution in [0.2, 0.25) is 0 Å². The van der Waals surface area contributed by atoms with Gasteiger partial charge in [-0.25, -0.2) is 9.36 Å². The van der Waals surface area contributed by atoms with E-state index in [2.05, 4.69) is 18.5 Å². The van der Waals surface area contributed by atoms with Crippen molar-refractivity contribution < 1.29 is 32.4 Å². The third-order valence-corrected chi connectivity index (χ3v) is 2.88. The lowest BCUT2D eigenvalue weighted by molar-refractivity contribution is 0.0767. The van der Waals surface area contributed by atoms with Gasteiger partial charge >= 0.3 is 14.0 Å². The highest BCUT2D eigenvalue weighted by molar-refractivity contribution is 7.48. The number of carbonyl (C=O) groups excluding carboxylic acids is 1. The van der Waals surface area contributed by atoms with E-state index in [1.165, 1.54) is 14.2 Å². The van der Waals surface area contributed by atoms with E-state index < -0.39 is 20.1 Å². The van der Waals surface area contributed by atoms with Crippen molar-refractivity contribution in [2.24, 2.45) is 0 Å². The quantitative estimate of drug-likeness (QED) is 0.509. The Morgan fingerprint density at radius 3 is 2.57 bits per heavy atom. The van der Waals surface area contributed by atoms with Crippen LogP contribution in [-0.4, -0.2) is 39.7 Å².